The second-order valence-corrected chi connectivity index (χ2v) is 12.4. The summed E-state index contributed by atoms with van der Waals surface area (Å²) in [6.45, 7) is 0.0399. The fourth-order valence-electron chi connectivity index (χ4n) is 8.59. The topological polar surface area (TPSA) is 8.17 Å². The van der Waals surface area contributed by atoms with Crippen molar-refractivity contribution in [2.75, 3.05) is 4.90 Å². The van der Waals surface area contributed by atoms with Crippen LogP contribution in [-0.2, 0) is 0 Å². The van der Waals surface area contributed by atoms with Gasteiger partial charge in [-0.2, -0.15) is 0 Å². The van der Waals surface area contributed by atoms with E-state index in [1.54, 1.807) is 0 Å². The molecular formula is C42H25BN2. The number of rotatable bonds is 1. The molecule has 206 valence electrons. The van der Waals surface area contributed by atoms with Crippen LogP contribution in [-0.4, -0.2) is 11.3 Å². The Bertz CT molecular complexity index is 2720. The summed E-state index contributed by atoms with van der Waals surface area (Å²) in [7, 11) is 0. The van der Waals surface area contributed by atoms with Gasteiger partial charge in [-0.15, -0.1) is 0 Å². The Morgan fingerprint density at radius 1 is 0.400 bits per heavy atom. The van der Waals surface area contributed by atoms with E-state index >= 15 is 0 Å². The molecular weight excluding hydrogens is 543 g/mol. The van der Waals surface area contributed by atoms with Gasteiger partial charge in [-0.25, -0.2) is 0 Å². The minimum absolute atomic E-state index is 0.0399. The standard InChI is InChI=1S/C42H25BN2/c1-2-12-26(13-3-1)44-39-23-11-19-32-34-21-10-20-33-31-18-8-9-22-38(31)45(42(33)34)43(41(32)39)37-24-35-29-16-6-4-14-27(29)28-15-5-7-17-30(28)36(35)25-40(37)44/h1-25H. The van der Waals surface area contributed by atoms with Crippen LogP contribution in [0.3, 0.4) is 0 Å². The van der Waals surface area contributed by atoms with Gasteiger partial charge in [-0.05, 0) is 79.1 Å². The molecule has 8 aromatic carbocycles. The van der Waals surface area contributed by atoms with E-state index in [-0.39, 0.29) is 6.85 Å². The van der Waals surface area contributed by atoms with Crippen LogP contribution < -0.4 is 15.8 Å². The first-order valence-corrected chi connectivity index (χ1v) is 15.7. The summed E-state index contributed by atoms with van der Waals surface area (Å²) >= 11 is 0. The molecule has 0 aliphatic carbocycles. The maximum absolute atomic E-state index is 2.64. The van der Waals surface area contributed by atoms with Crippen LogP contribution >= 0.6 is 0 Å². The number of hydrogen-bond donors (Lipinski definition) is 0. The van der Waals surface area contributed by atoms with E-state index in [1.807, 2.05) is 0 Å². The molecule has 0 radical (unpaired) electrons. The van der Waals surface area contributed by atoms with Crippen LogP contribution in [0.1, 0.15) is 0 Å². The molecule has 0 fully saturated rings. The highest BCUT2D eigenvalue weighted by Gasteiger charge is 2.42. The van der Waals surface area contributed by atoms with Gasteiger partial charge in [0.15, 0.2) is 0 Å². The van der Waals surface area contributed by atoms with E-state index in [0.29, 0.717) is 0 Å². The van der Waals surface area contributed by atoms with E-state index in [4.69, 9.17) is 0 Å². The molecule has 3 heterocycles. The molecule has 0 saturated heterocycles. The highest BCUT2D eigenvalue weighted by molar-refractivity contribution is 6.90. The molecule has 45 heavy (non-hydrogen) atoms. The molecule has 2 aliphatic heterocycles. The number of para-hydroxylation sites is 3. The van der Waals surface area contributed by atoms with Crippen molar-refractivity contribution in [3.05, 3.63) is 152 Å². The summed E-state index contributed by atoms with van der Waals surface area (Å²) in [5.74, 6) is 0. The normalized spacial score (nSPS) is 13.2. The minimum Gasteiger partial charge on any atom is -0.375 e. The smallest absolute Gasteiger partial charge is 0.333 e. The van der Waals surface area contributed by atoms with Crippen LogP contribution in [0.25, 0.3) is 65.3 Å². The second-order valence-electron chi connectivity index (χ2n) is 12.4. The van der Waals surface area contributed by atoms with Gasteiger partial charge in [0, 0.05) is 44.4 Å². The maximum atomic E-state index is 2.64. The quantitative estimate of drug-likeness (QED) is 0.141. The Hall–Kier alpha value is -5.80. The largest absolute Gasteiger partial charge is 0.375 e. The molecule has 0 saturated carbocycles. The SMILES string of the molecule is c1ccc(N2c3cc4c5ccccc5c5ccccc5c4cc3B3c4c(cccc42)-c2cccc4c5ccccc5n3c24)cc1. The van der Waals surface area contributed by atoms with E-state index in [1.165, 1.54) is 93.2 Å². The number of anilines is 3. The molecule has 1 aromatic heterocycles. The van der Waals surface area contributed by atoms with Crippen LogP contribution in [0.15, 0.2) is 152 Å². The lowest BCUT2D eigenvalue weighted by atomic mass is 9.45. The molecule has 0 spiro atoms. The highest BCUT2D eigenvalue weighted by atomic mass is 15.2. The lowest BCUT2D eigenvalue weighted by Gasteiger charge is -2.40. The van der Waals surface area contributed by atoms with Gasteiger partial charge in [0.2, 0.25) is 0 Å². The summed E-state index contributed by atoms with van der Waals surface area (Å²) in [5, 5.41) is 10.4. The van der Waals surface area contributed by atoms with Crippen molar-refractivity contribution in [3.63, 3.8) is 0 Å². The van der Waals surface area contributed by atoms with Crippen LogP contribution in [0.4, 0.5) is 17.1 Å². The monoisotopic (exact) mass is 568 g/mol. The molecule has 9 aromatic rings. The Kier molecular flexibility index (Phi) is 4.43. The molecule has 0 N–H and O–H groups in total. The third-order valence-corrected chi connectivity index (χ3v) is 10.3. The minimum atomic E-state index is 0.0399. The highest BCUT2D eigenvalue weighted by Crippen LogP contribution is 2.46. The zero-order valence-electron chi connectivity index (χ0n) is 24.4. The summed E-state index contributed by atoms with van der Waals surface area (Å²) in [6, 6.07) is 56.4. The number of benzene rings is 8. The fourth-order valence-corrected chi connectivity index (χ4v) is 8.59. The average molecular weight is 568 g/mol. The van der Waals surface area contributed by atoms with E-state index in [0.717, 1.165) is 0 Å². The van der Waals surface area contributed by atoms with Crippen LogP contribution in [0, 0.1) is 0 Å². The molecule has 0 amide bonds. The number of nitrogens with zero attached hydrogens (tertiary/aromatic N) is 2. The molecule has 0 atom stereocenters. The Morgan fingerprint density at radius 2 is 0.978 bits per heavy atom. The zero-order valence-corrected chi connectivity index (χ0v) is 24.4. The van der Waals surface area contributed by atoms with Crippen molar-refractivity contribution >= 4 is 89.0 Å². The average Bonchev–Trinajstić information content (AvgIpc) is 3.45. The third kappa shape index (κ3) is 2.91. The summed E-state index contributed by atoms with van der Waals surface area (Å²) in [4.78, 5) is 2.50. The van der Waals surface area contributed by atoms with Gasteiger partial charge in [0.05, 0.1) is 0 Å². The summed E-state index contributed by atoms with van der Waals surface area (Å²) < 4.78 is 2.64. The van der Waals surface area contributed by atoms with Crippen molar-refractivity contribution in [2.24, 2.45) is 0 Å². The fraction of sp³-hybridized carbons (Fsp3) is 0. The van der Waals surface area contributed by atoms with Crippen molar-refractivity contribution in [2.45, 2.75) is 0 Å². The number of fused-ring (bicyclic) bond motifs is 13. The first kappa shape index (κ1) is 23.6. The van der Waals surface area contributed by atoms with Crippen LogP contribution in [0.5, 0.6) is 0 Å². The third-order valence-electron chi connectivity index (χ3n) is 10.3. The van der Waals surface area contributed by atoms with Gasteiger partial charge in [0.1, 0.15) is 0 Å². The van der Waals surface area contributed by atoms with Crippen molar-refractivity contribution in [1.29, 1.82) is 0 Å². The van der Waals surface area contributed by atoms with E-state index < -0.39 is 0 Å². The van der Waals surface area contributed by atoms with Gasteiger partial charge < -0.3 is 9.38 Å². The Morgan fingerprint density at radius 3 is 1.73 bits per heavy atom. The van der Waals surface area contributed by atoms with Gasteiger partial charge in [0.25, 0.3) is 0 Å². The van der Waals surface area contributed by atoms with Crippen molar-refractivity contribution < 1.29 is 0 Å². The van der Waals surface area contributed by atoms with E-state index in [9.17, 15) is 0 Å². The lowest BCUT2D eigenvalue weighted by Crippen LogP contribution is -2.56. The predicted molar refractivity (Wildman–Crippen MR) is 193 cm³/mol. The van der Waals surface area contributed by atoms with Crippen molar-refractivity contribution in [3.8, 4) is 11.1 Å². The molecule has 11 rings (SSSR count). The molecule has 0 unspecified atom stereocenters. The Balaban J connectivity index is 1.37. The molecule has 3 heteroatoms. The van der Waals surface area contributed by atoms with Crippen molar-refractivity contribution in [1.82, 2.24) is 4.48 Å². The maximum Gasteiger partial charge on any atom is 0.333 e. The van der Waals surface area contributed by atoms with Gasteiger partial charge in [-0.3, -0.25) is 0 Å². The second kappa shape index (κ2) is 8.43. The Labute approximate surface area is 260 Å². The number of hydrogen-bond acceptors (Lipinski definition) is 1. The number of aromatic nitrogens is 1. The summed E-state index contributed by atoms with van der Waals surface area (Å²) in [6.07, 6.45) is 0. The van der Waals surface area contributed by atoms with Gasteiger partial charge >= 0.3 is 6.85 Å². The first-order valence-electron chi connectivity index (χ1n) is 15.7. The first-order chi connectivity index (χ1) is 22.4. The molecule has 2 nitrogen and oxygen atoms in total. The zero-order chi connectivity index (χ0) is 29.2. The molecule has 0 bridgehead atoms. The summed E-state index contributed by atoms with van der Waals surface area (Å²) in [5.41, 5.74) is 11.6. The van der Waals surface area contributed by atoms with Crippen LogP contribution in [0.2, 0.25) is 0 Å². The van der Waals surface area contributed by atoms with Gasteiger partial charge in [-0.1, -0.05) is 121 Å². The lowest BCUT2D eigenvalue weighted by molar-refractivity contribution is 1.26. The molecule has 2 aliphatic rings. The predicted octanol–water partition coefficient (Wildman–Crippen LogP) is 9.67. The van der Waals surface area contributed by atoms with E-state index in [2.05, 4.69) is 161 Å².